The lowest BCUT2D eigenvalue weighted by Crippen LogP contribution is -2.60. The van der Waals surface area contributed by atoms with Crippen molar-refractivity contribution in [2.24, 2.45) is 5.73 Å². The fourth-order valence-electron chi connectivity index (χ4n) is 3.57. The van der Waals surface area contributed by atoms with Crippen LogP contribution in [0.2, 0.25) is 0 Å². The standard InChI is InChI=1S/C22H23FN2O4/c1-13-20(22(28)25(2,3)18(12-26)21(24)27)17-11-15(7-8-19(17)29-13)9-14-5-4-6-16(23)10-14/h4-8,10-11,18,26H,9,12H2,1-3H3,(H-,24,27)/p+1. The smallest absolute Gasteiger partial charge is 0.350 e. The summed E-state index contributed by atoms with van der Waals surface area (Å²) in [6.45, 7) is 1.13. The molecule has 1 atom stereocenters. The Morgan fingerprint density at radius 3 is 2.48 bits per heavy atom. The molecule has 0 aliphatic heterocycles. The van der Waals surface area contributed by atoms with E-state index in [-0.39, 0.29) is 11.7 Å². The van der Waals surface area contributed by atoms with Gasteiger partial charge in [0.05, 0.1) is 14.1 Å². The highest BCUT2D eigenvalue weighted by molar-refractivity contribution is 6.05. The molecule has 0 bridgehead atoms. The van der Waals surface area contributed by atoms with Gasteiger partial charge in [0.25, 0.3) is 5.91 Å². The van der Waals surface area contributed by atoms with Crippen molar-refractivity contribution in [3.05, 3.63) is 70.7 Å². The molecule has 0 saturated heterocycles. The molecular weight excluding hydrogens is 375 g/mol. The molecule has 1 unspecified atom stereocenters. The fraction of sp³-hybridized carbons (Fsp3) is 0.273. The van der Waals surface area contributed by atoms with Crippen LogP contribution in [0.4, 0.5) is 4.39 Å². The van der Waals surface area contributed by atoms with E-state index in [1.54, 1.807) is 19.1 Å². The van der Waals surface area contributed by atoms with Crippen LogP contribution in [0.5, 0.6) is 0 Å². The lowest BCUT2D eigenvalue weighted by molar-refractivity contribution is -0.825. The van der Waals surface area contributed by atoms with Gasteiger partial charge in [0.2, 0.25) is 0 Å². The Morgan fingerprint density at radius 1 is 1.17 bits per heavy atom. The number of carbonyl (C=O) groups excluding carboxylic acids is 2. The number of amides is 2. The number of aliphatic hydroxyl groups excluding tert-OH is 1. The van der Waals surface area contributed by atoms with Crippen molar-refractivity contribution in [3.63, 3.8) is 0 Å². The van der Waals surface area contributed by atoms with Crippen molar-refractivity contribution < 1.29 is 28.0 Å². The molecule has 3 aromatic rings. The number of halogens is 1. The van der Waals surface area contributed by atoms with Gasteiger partial charge in [-0.1, -0.05) is 18.2 Å². The molecule has 0 spiro atoms. The van der Waals surface area contributed by atoms with Crippen LogP contribution in [0.25, 0.3) is 11.0 Å². The summed E-state index contributed by atoms with van der Waals surface area (Å²) in [5, 5.41) is 10.2. The van der Waals surface area contributed by atoms with E-state index < -0.39 is 23.0 Å². The second-order valence-electron chi connectivity index (χ2n) is 7.62. The summed E-state index contributed by atoms with van der Waals surface area (Å²) in [6.07, 6.45) is 0.490. The molecule has 3 rings (SSSR count). The summed E-state index contributed by atoms with van der Waals surface area (Å²) < 4.78 is 18.8. The van der Waals surface area contributed by atoms with Crippen molar-refractivity contribution >= 4 is 22.8 Å². The van der Waals surface area contributed by atoms with Gasteiger partial charge >= 0.3 is 5.91 Å². The predicted octanol–water partition coefficient (Wildman–Crippen LogP) is 2.53. The van der Waals surface area contributed by atoms with E-state index in [1.165, 1.54) is 26.2 Å². The van der Waals surface area contributed by atoms with Gasteiger partial charge in [-0.2, -0.15) is 0 Å². The summed E-state index contributed by atoms with van der Waals surface area (Å²) in [6, 6.07) is 10.7. The maximum Gasteiger partial charge on any atom is 0.350 e. The third-order valence-electron chi connectivity index (χ3n) is 5.24. The van der Waals surface area contributed by atoms with Crippen molar-refractivity contribution in [3.8, 4) is 0 Å². The molecule has 1 aromatic heterocycles. The van der Waals surface area contributed by atoms with Crippen LogP contribution < -0.4 is 5.73 Å². The number of hydrogen-bond donors (Lipinski definition) is 2. The highest BCUT2D eigenvalue weighted by Gasteiger charge is 2.42. The zero-order valence-electron chi connectivity index (χ0n) is 16.6. The van der Waals surface area contributed by atoms with Crippen LogP contribution in [0, 0.1) is 12.7 Å². The summed E-state index contributed by atoms with van der Waals surface area (Å²) in [5.41, 5.74) is 7.94. The van der Waals surface area contributed by atoms with Gasteiger partial charge in [-0.25, -0.2) is 13.7 Å². The summed E-state index contributed by atoms with van der Waals surface area (Å²) >= 11 is 0. The van der Waals surface area contributed by atoms with Gasteiger partial charge in [0, 0.05) is 5.39 Å². The number of aliphatic hydroxyl groups is 1. The number of fused-ring (bicyclic) bond motifs is 1. The molecular formula is C22H24FN2O4+. The zero-order valence-corrected chi connectivity index (χ0v) is 16.6. The zero-order chi connectivity index (χ0) is 21.3. The Kier molecular flexibility index (Phi) is 5.55. The predicted molar refractivity (Wildman–Crippen MR) is 107 cm³/mol. The maximum absolute atomic E-state index is 13.5. The monoisotopic (exact) mass is 399 g/mol. The molecule has 0 aliphatic rings. The number of quaternary nitrogens is 1. The van der Waals surface area contributed by atoms with Crippen molar-refractivity contribution in [2.45, 2.75) is 19.4 Å². The van der Waals surface area contributed by atoms with E-state index in [0.29, 0.717) is 28.7 Å². The summed E-state index contributed by atoms with van der Waals surface area (Å²) in [4.78, 5) is 25.1. The Morgan fingerprint density at radius 2 is 1.86 bits per heavy atom. The van der Waals surface area contributed by atoms with E-state index >= 15 is 0 Å². The van der Waals surface area contributed by atoms with E-state index in [2.05, 4.69) is 0 Å². The van der Waals surface area contributed by atoms with Crippen molar-refractivity contribution in [1.29, 1.82) is 0 Å². The van der Waals surface area contributed by atoms with Gasteiger partial charge in [-0.05, 0) is 48.7 Å². The van der Waals surface area contributed by atoms with E-state index in [0.717, 1.165) is 11.1 Å². The number of nitrogens with zero attached hydrogens (tertiary/aromatic N) is 1. The molecule has 0 aliphatic carbocycles. The summed E-state index contributed by atoms with van der Waals surface area (Å²) in [7, 11) is 3.06. The first-order chi connectivity index (χ1) is 13.6. The van der Waals surface area contributed by atoms with Crippen LogP contribution in [0.1, 0.15) is 27.2 Å². The second-order valence-corrected chi connectivity index (χ2v) is 7.62. The molecule has 3 N–H and O–H groups in total. The molecule has 6 nitrogen and oxygen atoms in total. The Balaban J connectivity index is 2.05. The Hall–Kier alpha value is -3.03. The Labute approximate surface area is 167 Å². The third kappa shape index (κ3) is 3.92. The van der Waals surface area contributed by atoms with Crippen LogP contribution in [0.15, 0.2) is 46.9 Å². The molecule has 7 heteroatoms. The van der Waals surface area contributed by atoms with E-state index in [9.17, 15) is 19.1 Å². The molecule has 0 radical (unpaired) electrons. The molecule has 29 heavy (non-hydrogen) atoms. The number of rotatable bonds is 6. The first-order valence-corrected chi connectivity index (χ1v) is 9.20. The summed E-state index contributed by atoms with van der Waals surface area (Å²) in [5.74, 6) is -1.04. The quantitative estimate of drug-likeness (QED) is 0.623. The van der Waals surface area contributed by atoms with Crippen LogP contribution in [0.3, 0.4) is 0 Å². The van der Waals surface area contributed by atoms with E-state index in [1.807, 2.05) is 18.2 Å². The lowest BCUT2D eigenvalue weighted by atomic mass is 10.0. The lowest BCUT2D eigenvalue weighted by Gasteiger charge is -2.32. The minimum absolute atomic E-state index is 0.306. The third-order valence-corrected chi connectivity index (χ3v) is 5.24. The first-order valence-electron chi connectivity index (χ1n) is 9.20. The topological polar surface area (TPSA) is 93.5 Å². The van der Waals surface area contributed by atoms with Crippen LogP contribution >= 0.6 is 0 Å². The number of furan rings is 1. The minimum Gasteiger partial charge on any atom is -0.460 e. The molecule has 152 valence electrons. The van der Waals surface area contributed by atoms with Gasteiger partial charge in [0.15, 0.2) is 6.04 Å². The molecule has 1 heterocycles. The van der Waals surface area contributed by atoms with Crippen molar-refractivity contribution in [2.75, 3.05) is 20.7 Å². The van der Waals surface area contributed by atoms with Crippen LogP contribution in [-0.4, -0.2) is 48.1 Å². The molecule has 2 aromatic carbocycles. The average molecular weight is 399 g/mol. The van der Waals surface area contributed by atoms with Crippen LogP contribution in [-0.2, 0) is 11.2 Å². The molecule has 0 saturated carbocycles. The van der Waals surface area contributed by atoms with E-state index in [4.69, 9.17) is 10.2 Å². The van der Waals surface area contributed by atoms with Gasteiger partial charge in [-0.15, -0.1) is 0 Å². The van der Waals surface area contributed by atoms with Crippen molar-refractivity contribution in [1.82, 2.24) is 0 Å². The first kappa shape index (κ1) is 20.7. The SMILES string of the molecule is Cc1oc2ccc(Cc3cccc(F)c3)cc2c1C(=O)[N+](C)(C)C(CO)C(N)=O. The van der Waals surface area contributed by atoms with Gasteiger partial charge < -0.3 is 15.3 Å². The number of nitrogens with two attached hydrogens (primary N) is 1. The number of likely N-dealkylation sites (N-methyl/N-ethyl adjacent to an activating group) is 1. The highest BCUT2D eigenvalue weighted by Crippen LogP contribution is 2.30. The van der Waals surface area contributed by atoms with Gasteiger partial charge in [0.1, 0.15) is 29.3 Å². The fourth-order valence-corrected chi connectivity index (χ4v) is 3.57. The van der Waals surface area contributed by atoms with Gasteiger partial charge in [-0.3, -0.25) is 4.79 Å². The second kappa shape index (κ2) is 7.77. The maximum atomic E-state index is 13.5. The number of hydrogen-bond acceptors (Lipinski definition) is 4. The number of carbonyl (C=O) groups is 2. The highest BCUT2D eigenvalue weighted by atomic mass is 19.1. The normalized spacial score (nSPS) is 12.9. The largest absolute Gasteiger partial charge is 0.460 e. The molecule has 0 fully saturated rings. The average Bonchev–Trinajstić information content (AvgIpc) is 2.96. The number of benzene rings is 2. The number of primary amides is 1. The Bertz CT molecular complexity index is 1090. The molecule has 2 amide bonds. The minimum atomic E-state index is -1.08. The number of aryl methyl sites for hydroxylation is 1.